The van der Waals surface area contributed by atoms with E-state index in [-0.39, 0.29) is 12.8 Å². The highest BCUT2D eigenvalue weighted by Crippen LogP contribution is 1.99. The highest BCUT2D eigenvalue weighted by molar-refractivity contribution is 5.83. The van der Waals surface area contributed by atoms with Crippen LogP contribution >= 0.6 is 0 Å². The summed E-state index contributed by atoms with van der Waals surface area (Å²) >= 11 is 0. The molecule has 0 aromatic heterocycles. The number of carbonyl (C=O) groups is 4. The van der Waals surface area contributed by atoms with Crippen molar-refractivity contribution in [1.82, 2.24) is 10.6 Å². The molecule has 144 valence electrons. The van der Waals surface area contributed by atoms with Crippen LogP contribution in [0.2, 0.25) is 0 Å². The van der Waals surface area contributed by atoms with E-state index in [1.807, 2.05) is 0 Å². The molecule has 0 aromatic rings. The van der Waals surface area contributed by atoms with Crippen LogP contribution in [0.1, 0.15) is 19.3 Å². The van der Waals surface area contributed by atoms with Crippen molar-refractivity contribution < 1.29 is 38.1 Å². The molecule has 0 bridgehead atoms. The second-order valence-corrected chi connectivity index (χ2v) is 4.97. The van der Waals surface area contributed by atoms with E-state index in [1.54, 1.807) is 0 Å². The van der Waals surface area contributed by atoms with Crippen LogP contribution in [0.4, 0.5) is 0 Å². The Morgan fingerprint density at radius 3 is 1.32 bits per heavy atom. The van der Waals surface area contributed by atoms with Crippen LogP contribution in [0.3, 0.4) is 0 Å². The maximum Gasteiger partial charge on any atom is 0.323 e. The summed E-state index contributed by atoms with van der Waals surface area (Å²) in [6.45, 7) is 0.742. The molecule has 10 heteroatoms. The minimum absolute atomic E-state index is 0.149. The first kappa shape index (κ1) is 22.8. The first-order valence-electron chi connectivity index (χ1n) is 7.65. The minimum atomic E-state index is -0.816. The number of esters is 4. The van der Waals surface area contributed by atoms with Crippen molar-refractivity contribution in [2.45, 2.75) is 31.3 Å². The number of ether oxygens (including phenoxy) is 4. The second-order valence-electron chi connectivity index (χ2n) is 4.97. The van der Waals surface area contributed by atoms with Crippen LogP contribution in [0.15, 0.2) is 0 Å². The highest BCUT2D eigenvalue weighted by atomic mass is 16.5. The summed E-state index contributed by atoms with van der Waals surface area (Å²) in [5, 5.41) is 5.76. The Morgan fingerprint density at radius 1 is 0.680 bits per heavy atom. The molecule has 0 rings (SSSR count). The van der Waals surface area contributed by atoms with E-state index in [9.17, 15) is 19.2 Å². The van der Waals surface area contributed by atoms with E-state index in [1.165, 1.54) is 28.4 Å². The Bertz CT molecular complexity index is 415. The number of hydrogen-bond donors (Lipinski definition) is 2. The number of hydrogen-bond acceptors (Lipinski definition) is 10. The van der Waals surface area contributed by atoms with E-state index in [0.717, 1.165) is 0 Å². The fourth-order valence-electron chi connectivity index (χ4n) is 1.90. The van der Waals surface area contributed by atoms with E-state index in [4.69, 9.17) is 0 Å². The van der Waals surface area contributed by atoms with Crippen LogP contribution in [0.5, 0.6) is 0 Å². The average molecular weight is 362 g/mol. The lowest BCUT2D eigenvalue weighted by molar-refractivity contribution is -0.149. The molecule has 0 aliphatic carbocycles. The molecular weight excluding hydrogens is 336 g/mol. The van der Waals surface area contributed by atoms with Crippen molar-refractivity contribution in [3.8, 4) is 0 Å². The summed E-state index contributed by atoms with van der Waals surface area (Å²) in [7, 11) is 4.91. The first-order chi connectivity index (χ1) is 11.9. The Kier molecular flexibility index (Phi) is 12.0. The lowest BCUT2D eigenvalue weighted by Crippen LogP contribution is -2.43. The Labute approximate surface area is 146 Å². The molecular formula is C15H26N2O8. The minimum Gasteiger partial charge on any atom is -0.469 e. The molecule has 0 aromatic carbocycles. The van der Waals surface area contributed by atoms with E-state index in [0.29, 0.717) is 19.5 Å². The molecule has 10 nitrogen and oxygen atoms in total. The van der Waals surface area contributed by atoms with Gasteiger partial charge in [0.1, 0.15) is 12.1 Å². The maximum atomic E-state index is 11.6. The maximum absolute atomic E-state index is 11.6. The topological polar surface area (TPSA) is 129 Å². The van der Waals surface area contributed by atoms with Gasteiger partial charge in [0.15, 0.2) is 0 Å². The van der Waals surface area contributed by atoms with Crippen molar-refractivity contribution in [3.05, 3.63) is 0 Å². The third-order valence-corrected chi connectivity index (χ3v) is 3.30. The van der Waals surface area contributed by atoms with Crippen LogP contribution < -0.4 is 10.6 Å². The summed E-state index contributed by atoms with van der Waals surface area (Å²) < 4.78 is 18.3. The van der Waals surface area contributed by atoms with Gasteiger partial charge >= 0.3 is 23.9 Å². The van der Waals surface area contributed by atoms with Crippen LogP contribution in [0, 0.1) is 0 Å². The molecule has 0 radical (unpaired) electrons. The molecule has 25 heavy (non-hydrogen) atoms. The molecule has 0 unspecified atom stereocenters. The quantitative estimate of drug-likeness (QED) is 0.247. The summed E-state index contributed by atoms with van der Waals surface area (Å²) in [4.78, 5) is 45.8. The normalized spacial score (nSPS) is 12.6. The fourth-order valence-corrected chi connectivity index (χ4v) is 1.90. The third kappa shape index (κ3) is 9.62. The molecule has 0 saturated carbocycles. The van der Waals surface area contributed by atoms with Crippen molar-refractivity contribution in [2.75, 3.05) is 41.5 Å². The van der Waals surface area contributed by atoms with Gasteiger partial charge < -0.3 is 29.6 Å². The summed E-state index contributed by atoms with van der Waals surface area (Å²) in [6.07, 6.45) is 0.219. The molecule has 0 heterocycles. The monoisotopic (exact) mass is 362 g/mol. The van der Waals surface area contributed by atoms with Gasteiger partial charge in [0.2, 0.25) is 0 Å². The molecule has 0 spiro atoms. The average Bonchev–Trinajstić information content (AvgIpc) is 2.63. The molecule has 0 aliphatic heterocycles. The van der Waals surface area contributed by atoms with Crippen LogP contribution in [-0.2, 0) is 38.1 Å². The van der Waals surface area contributed by atoms with Gasteiger partial charge in [0.25, 0.3) is 0 Å². The second kappa shape index (κ2) is 13.1. The predicted molar refractivity (Wildman–Crippen MR) is 85.5 cm³/mol. The Hall–Kier alpha value is -2.20. The number of methoxy groups -OCH3 is 4. The van der Waals surface area contributed by atoms with Gasteiger partial charge in [0.05, 0.1) is 41.3 Å². The molecule has 0 amide bonds. The van der Waals surface area contributed by atoms with Gasteiger partial charge in [-0.15, -0.1) is 0 Å². The molecule has 0 aliphatic rings. The number of rotatable bonds is 12. The highest BCUT2D eigenvalue weighted by Gasteiger charge is 2.24. The molecule has 0 fully saturated rings. The van der Waals surface area contributed by atoms with Crippen LogP contribution in [-0.4, -0.2) is 77.5 Å². The van der Waals surface area contributed by atoms with Gasteiger partial charge in [-0.05, 0) is 19.5 Å². The van der Waals surface area contributed by atoms with Gasteiger partial charge in [-0.25, -0.2) is 0 Å². The van der Waals surface area contributed by atoms with Crippen LogP contribution in [0.25, 0.3) is 0 Å². The van der Waals surface area contributed by atoms with Crippen molar-refractivity contribution in [2.24, 2.45) is 0 Å². The van der Waals surface area contributed by atoms with E-state index < -0.39 is 36.0 Å². The zero-order chi connectivity index (χ0) is 19.2. The standard InChI is InChI=1S/C15H26N2O8/c1-22-12(18)8-10(14(20)24-3)16-6-5-7-17-11(15(21)25-4)9-13(19)23-2/h10-11,16-17H,5-9H2,1-4H3/t10-,11-/m0/s1. The number of nitrogens with one attached hydrogen (secondary N) is 2. The number of carbonyl (C=O) groups excluding carboxylic acids is 4. The SMILES string of the molecule is COC(=O)C[C@H](NCCCN[C@@H](CC(=O)OC)C(=O)OC)C(=O)OC. The summed E-state index contributed by atoms with van der Waals surface area (Å²) in [5.74, 6) is -2.22. The first-order valence-corrected chi connectivity index (χ1v) is 7.65. The van der Waals surface area contributed by atoms with Gasteiger partial charge in [-0.2, -0.15) is 0 Å². The van der Waals surface area contributed by atoms with E-state index in [2.05, 4.69) is 29.6 Å². The zero-order valence-electron chi connectivity index (χ0n) is 15.0. The third-order valence-electron chi connectivity index (χ3n) is 3.30. The Morgan fingerprint density at radius 2 is 1.04 bits per heavy atom. The summed E-state index contributed by atoms with van der Waals surface area (Å²) in [6, 6.07) is -1.63. The predicted octanol–water partition coefficient (Wildman–Crippen LogP) is -1.23. The molecule has 2 atom stereocenters. The summed E-state index contributed by atoms with van der Waals surface area (Å²) in [5.41, 5.74) is 0. The van der Waals surface area contributed by atoms with Gasteiger partial charge in [0, 0.05) is 0 Å². The van der Waals surface area contributed by atoms with Gasteiger partial charge in [-0.3, -0.25) is 19.2 Å². The largest absolute Gasteiger partial charge is 0.469 e. The molecule has 0 saturated heterocycles. The van der Waals surface area contributed by atoms with Crippen molar-refractivity contribution in [3.63, 3.8) is 0 Å². The fraction of sp³-hybridized carbons (Fsp3) is 0.733. The smallest absolute Gasteiger partial charge is 0.323 e. The van der Waals surface area contributed by atoms with E-state index >= 15 is 0 Å². The zero-order valence-corrected chi connectivity index (χ0v) is 15.0. The lowest BCUT2D eigenvalue weighted by atomic mass is 10.2. The van der Waals surface area contributed by atoms with Crippen molar-refractivity contribution >= 4 is 23.9 Å². The molecule has 2 N–H and O–H groups in total. The van der Waals surface area contributed by atoms with Crippen molar-refractivity contribution in [1.29, 1.82) is 0 Å². The lowest BCUT2D eigenvalue weighted by Gasteiger charge is -2.17. The Balaban J connectivity index is 4.32. The van der Waals surface area contributed by atoms with Gasteiger partial charge in [-0.1, -0.05) is 0 Å².